The molecule has 1 saturated heterocycles. The summed E-state index contributed by atoms with van der Waals surface area (Å²) < 4.78 is 77.3. The number of sulfonamides is 1. The minimum absolute atomic E-state index is 0.0125. The lowest BCUT2D eigenvalue weighted by atomic mass is 9.99. The summed E-state index contributed by atoms with van der Waals surface area (Å²) in [7, 11) is -3.98. The van der Waals surface area contributed by atoms with Gasteiger partial charge in [-0.25, -0.2) is 22.9 Å². The molecule has 3 N–H and O–H groups in total. The van der Waals surface area contributed by atoms with Crippen LogP contribution in [-0.2, 0) is 25.1 Å². The third-order valence-corrected chi connectivity index (χ3v) is 6.46. The Bertz CT molecular complexity index is 1280. The van der Waals surface area contributed by atoms with Crippen molar-refractivity contribution in [1.82, 2.24) is 9.71 Å². The number of amides is 1. The number of carbonyl (C=O) groups is 1. The van der Waals surface area contributed by atoms with Crippen molar-refractivity contribution in [3.05, 3.63) is 48.2 Å². The van der Waals surface area contributed by atoms with E-state index in [-0.39, 0.29) is 22.8 Å². The molecule has 200 valence electrons. The summed E-state index contributed by atoms with van der Waals surface area (Å²) in [6.45, 7) is 6.11. The number of epoxide rings is 1. The Morgan fingerprint density at radius 2 is 1.84 bits per heavy atom. The zero-order valence-electron chi connectivity index (χ0n) is 20.6. The van der Waals surface area contributed by atoms with Crippen LogP contribution in [0, 0.1) is 11.8 Å². The third kappa shape index (κ3) is 7.34. The van der Waals surface area contributed by atoms with Crippen molar-refractivity contribution in [2.45, 2.75) is 56.0 Å². The minimum Gasteiger partial charge on any atom is -0.444 e. The van der Waals surface area contributed by atoms with E-state index in [0.29, 0.717) is 5.69 Å². The van der Waals surface area contributed by atoms with E-state index in [2.05, 4.69) is 32.2 Å². The first-order chi connectivity index (χ1) is 17.1. The van der Waals surface area contributed by atoms with Gasteiger partial charge in [0.25, 0.3) is 0 Å². The molecule has 0 spiro atoms. The van der Waals surface area contributed by atoms with Crippen LogP contribution in [0.15, 0.2) is 47.5 Å². The molecule has 1 aromatic carbocycles. The highest BCUT2D eigenvalue weighted by Gasteiger charge is 2.67. The molecule has 1 fully saturated rings. The third-order valence-electron chi connectivity index (χ3n) is 5.05. The standard InChI is InChI=1S/C24H27F3N4O5S/c1-5-6-18(30-17-9-7-16(8-10-17)23(15-35-23)24(25,26)27)13-29-37(33,34)19-11-12-20(28-14-19)31-21(32)36-22(2,3)4/h7-12,14,18,29-30H,13,15H2,1-4H3,(H,28,31,32)/t18-,23?/m0/s1. The van der Waals surface area contributed by atoms with Gasteiger partial charge in [-0.1, -0.05) is 18.1 Å². The second-order valence-electron chi connectivity index (χ2n) is 9.14. The Labute approximate surface area is 213 Å². The molecule has 37 heavy (non-hydrogen) atoms. The zero-order chi connectivity index (χ0) is 27.5. The van der Waals surface area contributed by atoms with Gasteiger partial charge in [0.1, 0.15) is 22.4 Å². The van der Waals surface area contributed by atoms with Crippen molar-refractivity contribution in [2.75, 3.05) is 23.8 Å². The summed E-state index contributed by atoms with van der Waals surface area (Å²) in [4.78, 5) is 15.6. The van der Waals surface area contributed by atoms with Gasteiger partial charge in [0, 0.05) is 18.4 Å². The Kier molecular flexibility index (Phi) is 8.06. The van der Waals surface area contributed by atoms with Gasteiger partial charge in [0.2, 0.25) is 15.6 Å². The smallest absolute Gasteiger partial charge is 0.424 e. The van der Waals surface area contributed by atoms with E-state index in [1.807, 2.05) is 0 Å². The molecular weight excluding hydrogens is 513 g/mol. The molecule has 2 heterocycles. The van der Waals surface area contributed by atoms with Crippen molar-refractivity contribution >= 4 is 27.6 Å². The van der Waals surface area contributed by atoms with E-state index >= 15 is 0 Å². The van der Waals surface area contributed by atoms with Gasteiger partial charge >= 0.3 is 12.3 Å². The maximum absolute atomic E-state index is 13.2. The lowest BCUT2D eigenvalue weighted by molar-refractivity contribution is -0.187. The van der Waals surface area contributed by atoms with Crippen LogP contribution in [0.3, 0.4) is 0 Å². The second kappa shape index (κ2) is 10.6. The first kappa shape index (κ1) is 28.2. The highest BCUT2D eigenvalue weighted by atomic mass is 32.2. The van der Waals surface area contributed by atoms with E-state index in [4.69, 9.17) is 9.47 Å². The number of carbonyl (C=O) groups excluding carboxylic acids is 1. The van der Waals surface area contributed by atoms with Gasteiger partial charge < -0.3 is 14.8 Å². The molecule has 2 aromatic rings. The predicted molar refractivity (Wildman–Crippen MR) is 130 cm³/mol. The molecule has 3 rings (SSSR count). The normalized spacial score (nSPS) is 18.2. The number of nitrogens with zero attached hydrogens (tertiary/aromatic N) is 1. The first-order valence-electron chi connectivity index (χ1n) is 11.1. The van der Waals surface area contributed by atoms with Gasteiger partial charge in [0.05, 0.1) is 6.61 Å². The van der Waals surface area contributed by atoms with Crippen LogP contribution in [0.4, 0.5) is 29.5 Å². The fourth-order valence-electron chi connectivity index (χ4n) is 3.21. The molecule has 0 saturated carbocycles. The predicted octanol–water partition coefficient (Wildman–Crippen LogP) is 4.00. The molecular formula is C24H27F3N4O5S. The van der Waals surface area contributed by atoms with Gasteiger partial charge in [-0.2, -0.15) is 13.2 Å². The van der Waals surface area contributed by atoms with Crippen LogP contribution in [0.1, 0.15) is 33.3 Å². The van der Waals surface area contributed by atoms with Crippen LogP contribution in [-0.4, -0.2) is 50.5 Å². The molecule has 1 aliphatic heterocycles. The summed E-state index contributed by atoms with van der Waals surface area (Å²) in [6.07, 6.45) is -4.17. The van der Waals surface area contributed by atoms with E-state index in [9.17, 15) is 26.4 Å². The van der Waals surface area contributed by atoms with Gasteiger partial charge in [0.15, 0.2) is 0 Å². The molecule has 1 aliphatic rings. The van der Waals surface area contributed by atoms with Gasteiger partial charge in [-0.3, -0.25) is 5.32 Å². The summed E-state index contributed by atoms with van der Waals surface area (Å²) >= 11 is 0. The fraction of sp³-hybridized carbons (Fsp3) is 0.417. The minimum atomic E-state index is -4.52. The summed E-state index contributed by atoms with van der Waals surface area (Å²) in [6, 6.07) is 7.42. The number of halogens is 3. The van der Waals surface area contributed by atoms with Crippen LogP contribution in [0.5, 0.6) is 0 Å². The lowest BCUT2D eigenvalue weighted by Crippen LogP contribution is -2.35. The van der Waals surface area contributed by atoms with Crippen LogP contribution in [0.25, 0.3) is 0 Å². The molecule has 13 heteroatoms. The quantitative estimate of drug-likeness (QED) is 0.342. The number of aromatic nitrogens is 1. The monoisotopic (exact) mass is 540 g/mol. The second-order valence-corrected chi connectivity index (χ2v) is 10.9. The highest BCUT2D eigenvalue weighted by Crippen LogP contribution is 2.51. The van der Waals surface area contributed by atoms with Crippen LogP contribution >= 0.6 is 0 Å². The van der Waals surface area contributed by atoms with Crippen molar-refractivity contribution in [2.24, 2.45) is 0 Å². The summed E-state index contributed by atoms with van der Waals surface area (Å²) in [5.74, 6) is 5.62. The maximum atomic E-state index is 13.2. The van der Waals surface area contributed by atoms with E-state index in [1.54, 1.807) is 27.7 Å². The number of rotatable bonds is 8. The molecule has 2 atom stereocenters. The number of alkyl halides is 3. The Morgan fingerprint density at radius 1 is 1.19 bits per heavy atom. The van der Waals surface area contributed by atoms with Gasteiger partial charge in [-0.05, 0) is 57.5 Å². The summed E-state index contributed by atoms with van der Waals surface area (Å²) in [5.41, 5.74) is -2.54. The SMILES string of the molecule is CC#C[C@@H](CNS(=O)(=O)c1ccc(NC(=O)OC(C)(C)C)nc1)Nc1ccc(C2(C(F)(F)F)CO2)cc1. The number of nitrogens with one attached hydrogen (secondary N) is 3. The van der Waals surface area contributed by atoms with E-state index in [0.717, 1.165) is 6.20 Å². The van der Waals surface area contributed by atoms with Gasteiger partial charge in [-0.15, -0.1) is 5.92 Å². The van der Waals surface area contributed by atoms with Crippen molar-refractivity contribution in [3.8, 4) is 11.8 Å². The molecule has 9 nitrogen and oxygen atoms in total. The lowest BCUT2D eigenvalue weighted by Gasteiger charge is -2.19. The first-order valence-corrected chi connectivity index (χ1v) is 12.6. The fourth-order valence-corrected chi connectivity index (χ4v) is 4.20. The number of anilines is 2. The van der Waals surface area contributed by atoms with Crippen molar-refractivity contribution < 1.29 is 35.9 Å². The average molecular weight is 541 g/mol. The molecule has 1 unspecified atom stereocenters. The summed E-state index contributed by atoms with van der Waals surface area (Å²) in [5, 5.41) is 5.40. The average Bonchev–Trinajstić information content (AvgIpc) is 3.60. The highest BCUT2D eigenvalue weighted by molar-refractivity contribution is 7.89. The number of hydrogen-bond acceptors (Lipinski definition) is 7. The van der Waals surface area contributed by atoms with E-state index in [1.165, 1.54) is 36.4 Å². The Morgan fingerprint density at radius 3 is 2.32 bits per heavy atom. The molecule has 0 bridgehead atoms. The van der Waals surface area contributed by atoms with Crippen LogP contribution < -0.4 is 15.4 Å². The largest absolute Gasteiger partial charge is 0.444 e. The van der Waals surface area contributed by atoms with Crippen LogP contribution in [0.2, 0.25) is 0 Å². The number of pyridine rings is 1. The Balaban J connectivity index is 1.61. The zero-order valence-corrected chi connectivity index (χ0v) is 21.4. The molecule has 1 aromatic heterocycles. The molecule has 0 radical (unpaired) electrons. The molecule has 1 amide bonds. The topological polar surface area (TPSA) is 122 Å². The molecule has 0 aliphatic carbocycles. The van der Waals surface area contributed by atoms with E-state index < -0.39 is 46.1 Å². The number of ether oxygens (including phenoxy) is 2. The maximum Gasteiger partial charge on any atom is 0.424 e. The Hall–Kier alpha value is -3.34. The number of hydrogen-bond donors (Lipinski definition) is 3. The van der Waals surface area contributed by atoms with Crippen molar-refractivity contribution in [3.63, 3.8) is 0 Å². The number of benzene rings is 1. The van der Waals surface area contributed by atoms with Crippen molar-refractivity contribution in [1.29, 1.82) is 0 Å².